The third kappa shape index (κ3) is 2.56. The van der Waals surface area contributed by atoms with Crippen molar-refractivity contribution in [1.82, 2.24) is 0 Å². The van der Waals surface area contributed by atoms with E-state index < -0.39 is 0 Å². The highest BCUT2D eigenvalue weighted by Gasteiger charge is 2.44. The van der Waals surface area contributed by atoms with E-state index in [4.69, 9.17) is 0 Å². The summed E-state index contributed by atoms with van der Waals surface area (Å²) in [4.78, 5) is 42.8. The quantitative estimate of drug-likeness (QED) is 0.330. The molecule has 36 heavy (non-hydrogen) atoms. The van der Waals surface area contributed by atoms with E-state index in [1.165, 1.54) is 16.8 Å². The zero-order valence-corrected chi connectivity index (χ0v) is 20.1. The molecule has 0 N–H and O–H groups in total. The van der Waals surface area contributed by atoms with E-state index >= 15 is 0 Å². The third-order valence-electron chi connectivity index (χ3n) is 8.08. The van der Waals surface area contributed by atoms with Gasteiger partial charge >= 0.3 is 0 Å². The van der Waals surface area contributed by atoms with Gasteiger partial charge in [0.05, 0.1) is 5.57 Å². The van der Waals surface area contributed by atoms with Crippen molar-refractivity contribution in [3.8, 4) is 0 Å². The van der Waals surface area contributed by atoms with Gasteiger partial charge in [-0.25, -0.2) is 0 Å². The zero-order chi connectivity index (χ0) is 24.8. The van der Waals surface area contributed by atoms with Crippen LogP contribution in [0.15, 0.2) is 95.7 Å². The van der Waals surface area contributed by atoms with Gasteiger partial charge in [0.25, 0.3) is 0 Å². The standard InChI is InChI=1S/C32H23NO3/c1-32(2)24-13-7-8-18-16-17-33(28(18)24)25(32)15-14-23-26(19-9-3-4-10-20(19)29(23)34)27-30(35)21-11-5-6-12-22(21)31(27)36/h3-15H,16-17H2,1-2H3. The van der Waals surface area contributed by atoms with E-state index in [1.54, 1.807) is 30.3 Å². The summed E-state index contributed by atoms with van der Waals surface area (Å²) in [6, 6.07) is 20.6. The fourth-order valence-electron chi connectivity index (χ4n) is 6.35. The number of carbonyl (C=O) groups is 3. The van der Waals surface area contributed by atoms with Gasteiger partial charge in [0.15, 0.2) is 17.3 Å². The number of para-hydroxylation sites is 1. The third-order valence-corrected chi connectivity index (χ3v) is 8.08. The second-order valence-corrected chi connectivity index (χ2v) is 10.3. The normalized spacial score (nSPS) is 21.2. The Morgan fingerprint density at radius 3 is 1.97 bits per heavy atom. The van der Waals surface area contributed by atoms with E-state index in [2.05, 4.69) is 36.9 Å². The maximum atomic E-state index is 13.6. The largest absolute Gasteiger partial charge is 0.343 e. The first-order chi connectivity index (χ1) is 17.4. The van der Waals surface area contributed by atoms with Gasteiger partial charge in [-0.3, -0.25) is 14.4 Å². The van der Waals surface area contributed by atoms with Gasteiger partial charge in [-0.05, 0) is 35.3 Å². The molecular weight excluding hydrogens is 446 g/mol. The minimum absolute atomic E-state index is 0.0941. The average molecular weight is 470 g/mol. The van der Waals surface area contributed by atoms with Crippen LogP contribution in [0.5, 0.6) is 0 Å². The van der Waals surface area contributed by atoms with Crippen molar-refractivity contribution in [1.29, 1.82) is 0 Å². The number of rotatable bonds is 1. The Kier molecular flexibility index (Phi) is 4.15. The van der Waals surface area contributed by atoms with E-state index in [1.807, 2.05) is 30.4 Å². The Morgan fingerprint density at radius 2 is 1.31 bits per heavy atom. The molecule has 0 atom stereocenters. The van der Waals surface area contributed by atoms with Gasteiger partial charge < -0.3 is 4.90 Å². The van der Waals surface area contributed by atoms with Gasteiger partial charge in [-0.2, -0.15) is 0 Å². The first kappa shape index (κ1) is 21.0. The molecular formula is C32H23NO3. The number of hydrogen-bond donors (Lipinski definition) is 0. The molecule has 0 saturated heterocycles. The number of Topliss-reactive ketones (excluding diaryl/α,β-unsaturated/α-hetero) is 3. The van der Waals surface area contributed by atoms with Crippen molar-refractivity contribution in [2.45, 2.75) is 25.7 Å². The molecule has 4 nitrogen and oxygen atoms in total. The Morgan fingerprint density at radius 1 is 0.694 bits per heavy atom. The minimum atomic E-state index is -0.313. The molecule has 3 aromatic carbocycles. The average Bonchev–Trinajstić information content (AvgIpc) is 3.56. The fraction of sp³-hybridized carbons (Fsp3) is 0.156. The molecule has 174 valence electrons. The lowest BCUT2D eigenvalue weighted by Crippen LogP contribution is -2.25. The predicted molar refractivity (Wildman–Crippen MR) is 139 cm³/mol. The first-order valence-corrected chi connectivity index (χ1v) is 12.3. The number of carbonyl (C=O) groups excluding carboxylic acids is 3. The van der Waals surface area contributed by atoms with Crippen molar-refractivity contribution >= 4 is 28.6 Å². The Balaban J connectivity index is 1.44. The Hall–Kier alpha value is -4.31. The van der Waals surface area contributed by atoms with E-state index in [0.29, 0.717) is 33.4 Å². The maximum Gasteiger partial charge on any atom is 0.198 e. The maximum absolute atomic E-state index is 13.6. The van der Waals surface area contributed by atoms with Gasteiger partial charge in [-0.15, -0.1) is 0 Å². The van der Waals surface area contributed by atoms with Crippen LogP contribution in [0.4, 0.5) is 5.69 Å². The summed E-state index contributed by atoms with van der Waals surface area (Å²) in [6.45, 7) is 5.31. The van der Waals surface area contributed by atoms with E-state index in [-0.39, 0.29) is 28.3 Å². The highest BCUT2D eigenvalue weighted by molar-refractivity contribution is 6.46. The number of benzene rings is 3. The van der Waals surface area contributed by atoms with Crippen LogP contribution in [0.2, 0.25) is 0 Å². The van der Waals surface area contributed by atoms with Crippen molar-refractivity contribution < 1.29 is 14.4 Å². The molecule has 4 heteroatoms. The smallest absolute Gasteiger partial charge is 0.198 e. The molecule has 0 unspecified atom stereocenters. The number of anilines is 1. The lowest BCUT2D eigenvalue weighted by molar-refractivity contribution is 0.0989. The van der Waals surface area contributed by atoms with E-state index in [9.17, 15) is 14.4 Å². The van der Waals surface area contributed by atoms with Crippen LogP contribution in [0.1, 0.15) is 61.6 Å². The summed E-state index contributed by atoms with van der Waals surface area (Å²) < 4.78 is 0. The summed E-state index contributed by atoms with van der Waals surface area (Å²) in [6.07, 6.45) is 4.84. The summed E-state index contributed by atoms with van der Waals surface area (Å²) in [5, 5.41) is 0. The van der Waals surface area contributed by atoms with Crippen LogP contribution in [0.25, 0.3) is 5.57 Å². The number of fused-ring (bicyclic) bond motifs is 2. The lowest BCUT2D eigenvalue weighted by atomic mass is 9.82. The van der Waals surface area contributed by atoms with Gasteiger partial charge in [0, 0.05) is 51.2 Å². The highest BCUT2D eigenvalue weighted by atomic mass is 16.2. The first-order valence-electron chi connectivity index (χ1n) is 12.3. The van der Waals surface area contributed by atoms with Gasteiger partial charge in [-0.1, -0.05) is 80.6 Å². The number of hydrogen-bond acceptors (Lipinski definition) is 4. The second kappa shape index (κ2) is 7.11. The lowest BCUT2D eigenvalue weighted by Gasteiger charge is -2.25. The molecule has 0 amide bonds. The number of nitrogens with zero attached hydrogens (tertiary/aromatic N) is 1. The van der Waals surface area contributed by atoms with Crippen LogP contribution in [0.3, 0.4) is 0 Å². The van der Waals surface area contributed by atoms with Crippen molar-refractivity contribution in [2.24, 2.45) is 0 Å². The molecule has 7 rings (SSSR count). The summed E-state index contributed by atoms with van der Waals surface area (Å²) >= 11 is 0. The molecule has 0 spiro atoms. The predicted octanol–water partition coefficient (Wildman–Crippen LogP) is 5.88. The van der Waals surface area contributed by atoms with Crippen molar-refractivity contribution in [2.75, 3.05) is 11.4 Å². The molecule has 0 bridgehead atoms. The van der Waals surface area contributed by atoms with Crippen molar-refractivity contribution in [3.05, 3.63) is 129 Å². The van der Waals surface area contributed by atoms with Crippen LogP contribution < -0.4 is 4.90 Å². The van der Waals surface area contributed by atoms with Crippen LogP contribution >= 0.6 is 0 Å². The molecule has 2 heterocycles. The van der Waals surface area contributed by atoms with E-state index in [0.717, 1.165) is 18.7 Å². The Labute approximate surface area is 209 Å². The molecule has 0 radical (unpaired) electrons. The summed E-state index contributed by atoms with van der Waals surface area (Å²) in [5.41, 5.74) is 7.74. The number of allylic oxidation sites excluding steroid dienone is 6. The molecule has 0 saturated carbocycles. The fourth-order valence-corrected chi connectivity index (χ4v) is 6.35. The minimum Gasteiger partial charge on any atom is -0.343 e. The monoisotopic (exact) mass is 469 g/mol. The summed E-state index contributed by atoms with van der Waals surface area (Å²) in [5.74, 6) is -0.783. The van der Waals surface area contributed by atoms with Crippen LogP contribution in [-0.4, -0.2) is 23.9 Å². The molecule has 2 aliphatic heterocycles. The van der Waals surface area contributed by atoms with Gasteiger partial charge in [0.2, 0.25) is 0 Å². The second-order valence-electron chi connectivity index (χ2n) is 10.3. The molecule has 0 aromatic heterocycles. The van der Waals surface area contributed by atoms with Crippen LogP contribution in [-0.2, 0) is 11.8 Å². The topological polar surface area (TPSA) is 54.5 Å². The Bertz CT molecular complexity index is 1630. The molecule has 2 aliphatic carbocycles. The molecule has 4 aliphatic rings. The molecule has 3 aromatic rings. The number of ketones is 3. The zero-order valence-electron chi connectivity index (χ0n) is 20.1. The summed E-state index contributed by atoms with van der Waals surface area (Å²) in [7, 11) is 0. The van der Waals surface area contributed by atoms with Crippen LogP contribution in [0, 0.1) is 0 Å². The van der Waals surface area contributed by atoms with Gasteiger partial charge in [0.1, 0.15) is 0 Å². The SMILES string of the molecule is CC1(C)C(=CC=C2C(=O)c3ccccc3C2=C2C(=O)c3ccccc3C2=O)N2CCc3cccc1c32. The highest BCUT2D eigenvalue weighted by Crippen LogP contribution is 2.52. The molecule has 0 fully saturated rings. The van der Waals surface area contributed by atoms with Crippen molar-refractivity contribution in [3.63, 3.8) is 0 Å².